The fraction of sp³-hybridized carbons (Fsp3) is 0.571. The molecule has 0 aliphatic carbocycles. The molecule has 1 N–H and O–H groups in total. The van der Waals surface area contributed by atoms with E-state index < -0.39 is 12.1 Å². The topological polar surface area (TPSA) is 46.5 Å². The van der Waals surface area contributed by atoms with Gasteiger partial charge < -0.3 is 9.84 Å². The number of aliphatic hydroxyl groups is 1. The van der Waals surface area contributed by atoms with Gasteiger partial charge in [-0.1, -0.05) is 0 Å². The summed E-state index contributed by atoms with van der Waals surface area (Å²) in [6.45, 7) is 1.53. The van der Waals surface area contributed by atoms with E-state index in [2.05, 4.69) is 0 Å². The minimum absolute atomic E-state index is 0.0238. The van der Waals surface area contributed by atoms with Crippen LogP contribution in [0.3, 0.4) is 0 Å². The van der Waals surface area contributed by atoms with Crippen LogP contribution in [0.1, 0.15) is 13.3 Å². The highest BCUT2D eigenvalue weighted by atomic mass is 35.5. The van der Waals surface area contributed by atoms with Gasteiger partial charge in [0, 0.05) is 12.3 Å². The molecule has 0 saturated heterocycles. The van der Waals surface area contributed by atoms with Crippen LogP contribution in [0.25, 0.3) is 0 Å². The van der Waals surface area contributed by atoms with Crippen molar-refractivity contribution in [2.75, 3.05) is 5.88 Å². The highest BCUT2D eigenvalue weighted by Gasteiger charge is 2.30. The first-order valence-electron chi connectivity index (χ1n) is 3.33. The van der Waals surface area contributed by atoms with Crippen molar-refractivity contribution in [2.45, 2.75) is 19.4 Å². The molecular weight excluding hydrogens is 168 g/mol. The zero-order valence-corrected chi connectivity index (χ0v) is 6.89. The second kappa shape index (κ2) is 3.13. The smallest absolute Gasteiger partial charge is 0.337 e. The standard InChI is InChI=1S/C7H9ClO3/c1-4-6(9)5(2-3-8)11-7(4)10/h5,9H,2-3H2,1H3. The molecule has 1 rings (SSSR count). The summed E-state index contributed by atoms with van der Waals surface area (Å²) in [5, 5.41) is 9.23. The molecule has 4 heteroatoms. The Morgan fingerprint density at radius 1 is 1.73 bits per heavy atom. The van der Waals surface area contributed by atoms with Crippen molar-refractivity contribution in [2.24, 2.45) is 0 Å². The molecular formula is C7H9ClO3. The number of ether oxygens (including phenoxy) is 1. The van der Waals surface area contributed by atoms with Crippen molar-refractivity contribution < 1.29 is 14.6 Å². The van der Waals surface area contributed by atoms with E-state index in [1.165, 1.54) is 6.92 Å². The molecule has 1 unspecified atom stereocenters. The van der Waals surface area contributed by atoms with E-state index in [0.29, 0.717) is 17.9 Å². The first-order chi connectivity index (χ1) is 5.16. The van der Waals surface area contributed by atoms with E-state index in [-0.39, 0.29) is 5.76 Å². The Balaban J connectivity index is 2.69. The van der Waals surface area contributed by atoms with E-state index in [1.54, 1.807) is 0 Å². The molecule has 0 aromatic heterocycles. The number of aliphatic hydroxyl groups excluding tert-OH is 1. The van der Waals surface area contributed by atoms with Gasteiger partial charge >= 0.3 is 5.97 Å². The predicted octanol–water partition coefficient (Wildman–Crippen LogP) is 1.37. The molecule has 1 atom stereocenters. The summed E-state index contributed by atoms with van der Waals surface area (Å²) in [4.78, 5) is 10.8. The van der Waals surface area contributed by atoms with Gasteiger partial charge in [0.25, 0.3) is 0 Å². The number of halogens is 1. The average Bonchev–Trinajstić information content (AvgIpc) is 2.19. The van der Waals surface area contributed by atoms with Crippen LogP contribution in [-0.4, -0.2) is 23.1 Å². The number of carbonyl (C=O) groups excluding carboxylic acids is 1. The molecule has 1 aliphatic heterocycles. The number of cyclic esters (lactones) is 1. The van der Waals surface area contributed by atoms with Crippen LogP contribution in [0.2, 0.25) is 0 Å². The highest BCUT2D eigenvalue weighted by Crippen LogP contribution is 2.22. The molecule has 0 amide bonds. The summed E-state index contributed by atoms with van der Waals surface area (Å²) in [7, 11) is 0. The van der Waals surface area contributed by atoms with Crippen molar-refractivity contribution in [3.05, 3.63) is 11.3 Å². The third-order valence-electron chi connectivity index (χ3n) is 1.62. The lowest BCUT2D eigenvalue weighted by Crippen LogP contribution is -2.11. The van der Waals surface area contributed by atoms with Crippen LogP contribution in [-0.2, 0) is 9.53 Å². The van der Waals surface area contributed by atoms with Gasteiger partial charge in [-0.15, -0.1) is 11.6 Å². The van der Waals surface area contributed by atoms with E-state index in [4.69, 9.17) is 16.3 Å². The Morgan fingerprint density at radius 3 is 2.73 bits per heavy atom. The third kappa shape index (κ3) is 1.48. The summed E-state index contributed by atoms with van der Waals surface area (Å²) in [5.74, 6) is -0.0526. The monoisotopic (exact) mass is 176 g/mol. The lowest BCUT2D eigenvalue weighted by atomic mass is 10.2. The van der Waals surface area contributed by atoms with E-state index in [1.807, 2.05) is 0 Å². The van der Waals surface area contributed by atoms with Crippen LogP contribution < -0.4 is 0 Å². The molecule has 0 spiro atoms. The molecule has 0 saturated carbocycles. The normalized spacial score (nSPS) is 24.2. The van der Waals surface area contributed by atoms with Crippen LogP contribution in [0, 0.1) is 0 Å². The van der Waals surface area contributed by atoms with Crippen molar-refractivity contribution in [1.82, 2.24) is 0 Å². The molecule has 1 aliphatic rings. The summed E-state index contributed by atoms with van der Waals surface area (Å²) in [5.41, 5.74) is 0.292. The molecule has 62 valence electrons. The lowest BCUT2D eigenvalue weighted by molar-refractivity contribution is -0.140. The van der Waals surface area contributed by atoms with Gasteiger partial charge in [0.05, 0.1) is 5.57 Å². The van der Waals surface area contributed by atoms with Crippen LogP contribution in [0.4, 0.5) is 0 Å². The third-order valence-corrected chi connectivity index (χ3v) is 1.83. The van der Waals surface area contributed by atoms with Gasteiger partial charge in [0.2, 0.25) is 0 Å². The quantitative estimate of drug-likeness (QED) is 0.511. The maximum Gasteiger partial charge on any atom is 0.337 e. The van der Waals surface area contributed by atoms with Crippen molar-refractivity contribution >= 4 is 17.6 Å². The Bertz CT molecular complexity index is 210. The van der Waals surface area contributed by atoms with Crippen LogP contribution >= 0.6 is 11.6 Å². The SMILES string of the molecule is CC1=C(O)C(CCCl)OC1=O. The van der Waals surface area contributed by atoms with Gasteiger partial charge in [-0.25, -0.2) is 4.79 Å². The summed E-state index contributed by atoms with van der Waals surface area (Å²) < 4.78 is 4.78. The highest BCUT2D eigenvalue weighted by molar-refractivity contribution is 6.17. The second-order valence-electron chi connectivity index (χ2n) is 2.38. The summed E-state index contributed by atoms with van der Waals surface area (Å²) >= 11 is 5.42. The largest absolute Gasteiger partial charge is 0.508 e. The maximum absolute atomic E-state index is 10.8. The van der Waals surface area contributed by atoms with Crippen molar-refractivity contribution in [1.29, 1.82) is 0 Å². The number of rotatable bonds is 2. The van der Waals surface area contributed by atoms with Gasteiger partial charge in [-0.3, -0.25) is 0 Å². The minimum atomic E-state index is -0.514. The number of alkyl halides is 1. The second-order valence-corrected chi connectivity index (χ2v) is 2.76. The summed E-state index contributed by atoms with van der Waals surface area (Å²) in [6, 6.07) is 0. The predicted molar refractivity (Wildman–Crippen MR) is 40.5 cm³/mol. The Kier molecular flexibility index (Phi) is 2.39. The molecule has 0 aromatic rings. The van der Waals surface area contributed by atoms with Gasteiger partial charge in [-0.2, -0.15) is 0 Å². The zero-order valence-electron chi connectivity index (χ0n) is 6.13. The molecule has 11 heavy (non-hydrogen) atoms. The molecule has 0 radical (unpaired) electrons. The Morgan fingerprint density at radius 2 is 2.36 bits per heavy atom. The van der Waals surface area contributed by atoms with Gasteiger partial charge in [0.15, 0.2) is 6.10 Å². The number of esters is 1. The maximum atomic E-state index is 10.8. The first kappa shape index (κ1) is 8.40. The number of carbonyl (C=O) groups is 1. The fourth-order valence-corrected chi connectivity index (χ4v) is 1.11. The molecule has 0 aromatic carbocycles. The summed E-state index contributed by atoms with van der Waals surface area (Å²) in [6.07, 6.45) is -0.0452. The van der Waals surface area contributed by atoms with E-state index in [9.17, 15) is 9.90 Å². The van der Waals surface area contributed by atoms with Crippen LogP contribution in [0.5, 0.6) is 0 Å². The average molecular weight is 177 g/mol. The van der Waals surface area contributed by atoms with Crippen molar-refractivity contribution in [3.8, 4) is 0 Å². The molecule has 3 nitrogen and oxygen atoms in total. The Hall–Kier alpha value is -0.700. The lowest BCUT2D eigenvalue weighted by Gasteiger charge is -2.06. The minimum Gasteiger partial charge on any atom is -0.508 e. The fourth-order valence-electron chi connectivity index (χ4n) is 0.914. The molecule has 0 fully saturated rings. The van der Waals surface area contributed by atoms with Gasteiger partial charge in [0.1, 0.15) is 5.76 Å². The molecule has 0 bridgehead atoms. The zero-order chi connectivity index (χ0) is 8.43. The van der Waals surface area contributed by atoms with Crippen molar-refractivity contribution in [3.63, 3.8) is 0 Å². The van der Waals surface area contributed by atoms with E-state index >= 15 is 0 Å². The number of hydrogen-bond acceptors (Lipinski definition) is 3. The number of hydrogen-bond donors (Lipinski definition) is 1. The Labute approximate surface area is 69.6 Å². The van der Waals surface area contributed by atoms with Crippen LogP contribution in [0.15, 0.2) is 11.3 Å². The van der Waals surface area contributed by atoms with Gasteiger partial charge in [-0.05, 0) is 6.92 Å². The molecule has 1 heterocycles. The van der Waals surface area contributed by atoms with E-state index in [0.717, 1.165) is 0 Å². The first-order valence-corrected chi connectivity index (χ1v) is 3.87.